The highest BCUT2D eigenvalue weighted by molar-refractivity contribution is 6.14. The van der Waals surface area contributed by atoms with Gasteiger partial charge in [0, 0.05) is 16.6 Å². The minimum absolute atomic E-state index is 0.322. The van der Waals surface area contributed by atoms with Crippen molar-refractivity contribution in [2.45, 2.75) is 5.41 Å². The van der Waals surface area contributed by atoms with E-state index in [1.165, 1.54) is 12.1 Å². The third-order valence-electron chi connectivity index (χ3n) is 11.2. The Hall–Kier alpha value is -6.78. The molecule has 2 aliphatic rings. The fourth-order valence-electron chi connectivity index (χ4n) is 9.13. The fraction of sp³-hybridized carbons (Fsp3) is 0.0204. The van der Waals surface area contributed by atoms with Gasteiger partial charge in [0.25, 0.3) is 0 Å². The molecule has 9 aromatic rings. The summed E-state index contributed by atoms with van der Waals surface area (Å²) in [6, 6.07) is 58.1. The van der Waals surface area contributed by atoms with Gasteiger partial charge in [-0.15, -0.1) is 0 Å². The number of hydrogen-bond donors (Lipinski definition) is 0. The van der Waals surface area contributed by atoms with Crippen LogP contribution in [0.15, 0.2) is 180 Å². The molecule has 2 nitrogen and oxygen atoms in total. The highest BCUT2D eigenvalue weighted by Gasteiger charge is 2.53. The van der Waals surface area contributed by atoms with E-state index in [0.717, 1.165) is 94.6 Å². The Morgan fingerprint density at radius 3 is 1.81 bits per heavy atom. The van der Waals surface area contributed by atoms with E-state index in [-0.39, 0.29) is 11.6 Å². The van der Waals surface area contributed by atoms with Gasteiger partial charge in [-0.2, -0.15) is 0 Å². The lowest BCUT2D eigenvalue weighted by molar-refractivity contribution is 0.618. The third kappa shape index (κ3) is 4.12. The van der Waals surface area contributed by atoms with Crippen LogP contribution in [-0.2, 0) is 5.41 Å². The highest BCUT2D eigenvalue weighted by Crippen LogP contribution is 2.65. The number of hydrogen-bond acceptors (Lipinski definition) is 2. The van der Waals surface area contributed by atoms with Crippen LogP contribution in [0.2, 0.25) is 0 Å². The number of rotatable bonds is 4. The molecular weight excluding hydrogens is 657 g/mol. The lowest BCUT2D eigenvalue weighted by Gasteiger charge is -2.32. The van der Waals surface area contributed by atoms with Gasteiger partial charge in [0.1, 0.15) is 22.8 Å². The molecule has 1 heterocycles. The molecule has 0 saturated heterocycles. The van der Waals surface area contributed by atoms with E-state index in [1.54, 1.807) is 12.1 Å². The standard InChI is InChI=1S/C49H29F2NO/c50-32-22-26-35-36-27-23-33(51)29-42(36)49(41(35)28-32)39-14-6-4-12-37(39)47-40(49)15-8-16-43(47)52(34-24-20-31(21-25-34)30-10-2-1-3-11-30)44-17-9-19-46-48(44)38-13-5-7-18-45(38)53-46/h1-29H. The van der Waals surface area contributed by atoms with Gasteiger partial charge in [-0.3, -0.25) is 0 Å². The van der Waals surface area contributed by atoms with Crippen LogP contribution < -0.4 is 4.90 Å². The Morgan fingerprint density at radius 2 is 1.04 bits per heavy atom. The molecule has 11 rings (SSSR count). The first-order chi connectivity index (χ1) is 26.1. The summed E-state index contributed by atoms with van der Waals surface area (Å²) in [4.78, 5) is 2.32. The monoisotopic (exact) mass is 685 g/mol. The van der Waals surface area contributed by atoms with Crippen LogP contribution in [-0.4, -0.2) is 0 Å². The van der Waals surface area contributed by atoms with E-state index in [2.05, 4.69) is 102 Å². The van der Waals surface area contributed by atoms with Gasteiger partial charge in [0.2, 0.25) is 0 Å². The fourth-order valence-corrected chi connectivity index (χ4v) is 9.13. The van der Waals surface area contributed by atoms with Crippen molar-refractivity contribution in [3.05, 3.63) is 210 Å². The predicted octanol–water partition coefficient (Wildman–Crippen LogP) is 13.3. The summed E-state index contributed by atoms with van der Waals surface area (Å²) in [5.74, 6) is -0.644. The van der Waals surface area contributed by atoms with Gasteiger partial charge in [-0.1, -0.05) is 115 Å². The van der Waals surface area contributed by atoms with Crippen LogP contribution in [0.4, 0.5) is 25.8 Å². The molecule has 0 N–H and O–H groups in total. The normalized spacial score (nSPS) is 13.2. The average molecular weight is 686 g/mol. The molecule has 250 valence electrons. The van der Waals surface area contributed by atoms with Crippen molar-refractivity contribution in [1.82, 2.24) is 0 Å². The second-order valence-electron chi connectivity index (χ2n) is 13.9. The molecular formula is C49H29F2NO. The van der Waals surface area contributed by atoms with Crippen molar-refractivity contribution >= 4 is 39.0 Å². The summed E-state index contributed by atoms with van der Waals surface area (Å²) >= 11 is 0. The quantitative estimate of drug-likeness (QED) is 0.183. The molecule has 0 aliphatic heterocycles. The van der Waals surface area contributed by atoms with Crippen LogP contribution in [0.3, 0.4) is 0 Å². The second kappa shape index (κ2) is 11.1. The topological polar surface area (TPSA) is 16.4 Å². The van der Waals surface area contributed by atoms with Crippen LogP contribution in [0, 0.1) is 11.6 Å². The molecule has 8 aromatic carbocycles. The lowest BCUT2D eigenvalue weighted by atomic mass is 9.70. The number of para-hydroxylation sites is 1. The molecule has 0 atom stereocenters. The van der Waals surface area contributed by atoms with E-state index in [9.17, 15) is 0 Å². The summed E-state index contributed by atoms with van der Waals surface area (Å²) < 4.78 is 37.2. The van der Waals surface area contributed by atoms with E-state index in [1.807, 2.05) is 54.6 Å². The van der Waals surface area contributed by atoms with Gasteiger partial charge in [-0.05, 0) is 111 Å². The molecule has 2 aliphatic carbocycles. The Morgan fingerprint density at radius 1 is 0.434 bits per heavy atom. The zero-order valence-electron chi connectivity index (χ0n) is 28.4. The molecule has 0 saturated carbocycles. The van der Waals surface area contributed by atoms with Crippen molar-refractivity contribution in [2.24, 2.45) is 0 Å². The predicted molar refractivity (Wildman–Crippen MR) is 210 cm³/mol. The summed E-state index contributed by atoms with van der Waals surface area (Å²) in [5, 5.41) is 2.03. The second-order valence-corrected chi connectivity index (χ2v) is 13.9. The zero-order valence-corrected chi connectivity index (χ0v) is 28.4. The lowest BCUT2D eigenvalue weighted by Crippen LogP contribution is -2.26. The SMILES string of the molecule is Fc1ccc2c(c1)C1(c3cc(F)ccc3-2)c2ccccc2-c2c(N(c3ccc(-c4ccccc4)cc3)c3cccc4oc5ccccc5c34)cccc21. The van der Waals surface area contributed by atoms with Crippen LogP contribution in [0.1, 0.15) is 22.3 Å². The Balaban J connectivity index is 1.24. The minimum atomic E-state index is -0.923. The maximum atomic E-state index is 15.4. The molecule has 0 amide bonds. The number of anilines is 3. The largest absolute Gasteiger partial charge is 0.456 e. The maximum Gasteiger partial charge on any atom is 0.137 e. The van der Waals surface area contributed by atoms with E-state index in [4.69, 9.17) is 4.42 Å². The van der Waals surface area contributed by atoms with Crippen molar-refractivity contribution in [2.75, 3.05) is 4.90 Å². The molecule has 53 heavy (non-hydrogen) atoms. The number of furan rings is 1. The summed E-state index contributed by atoms with van der Waals surface area (Å²) in [6.45, 7) is 0. The average Bonchev–Trinajstić information content (AvgIpc) is 3.83. The molecule has 0 fully saturated rings. The maximum absolute atomic E-state index is 15.4. The summed E-state index contributed by atoms with van der Waals surface area (Å²) in [7, 11) is 0. The first-order valence-electron chi connectivity index (χ1n) is 17.8. The molecule has 0 radical (unpaired) electrons. The van der Waals surface area contributed by atoms with Crippen LogP contribution >= 0.6 is 0 Å². The van der Waals surface area contributed by atoms with Gasteiger partial charge >= 0.3 is 0 Å². The van der Waals surface area contributed by atoms with Crippen molar-refractivity contribution in [1.29, 1.82) is 0 Å². The molecule has 0 unspecified atom stereocenters. The molecule has 4 heteroatoms. The van der Waals surface area contributed by atoms with Gasteiger partial charge in [0.15, 0.2) is 0 Å². The Kier molecular flexibility index (Phi) is 6.27. The highest BCUT2D eigenvalue weighted by atomic mass is 19.1. The van der Waals surface area contributed by atoms with Crippen molar-refractivity contribution in [3.63, 3.8) is 0 Å². The van der Waals surface area contributed by atoms with Gasteiger partial charge in [0.05, 0.1) is 22.2 Å². The zero-order chi connectivity index (χ0) is 35.3. The van der Waals surface area contributed by atoms with Crippen molar-refractivity contribution < 1.29 is 13.2 Å². The number of nitrogens with zero attached hydrogens (tertiary/aromatic N) is 1. The molecule has 1 aromatic heterocycles. The van der Waals surface area contributed by atoms with E-state index in [0.29, 0.717) is 0 Å². The summed E-state index contributed by atoms with van der Waals surface area (Å²) in [6.07, 6.45) is 0. The van der Waals surface area contributed by atoms with Crippen molar-refractivity contribution in [3.8, 4) is 33.4 Å². The molecule has 1 spiro atoms. The van der Waals surface area contributed by atoms with E-state index < -0.39 is 5.41 Å². The van der Waals surface area contributed by atoms with E-state index >= 15 is 8.78 Å². The Labute approximate surface area is 304 Å². The summed E-state index contributed by atoms with van der Waals surface area (Å²) in [5.41, 5.74) is 13.4. The Bertz CT molecular complexity index is 2870. The first kappa shape index (κ1) is 29.9. The first-order valence-corrected chi connectivity index (χ1v) is 17.8. The minimum Gasteiger partial charge on any atom is -0.456 e. The smallest absolute Gasteiger partial charge is 0.137 e. The third-order valence-corrected chi connectivity index (χ3v) is 11.2. The van der Waals surface area contributed by atoms with Gasteiger partial charge in [-0.25, -0.2) is 8.78 Å². The number of fused-ring (bicyclic) bond motifs is 13. The number of benzene rings is 8. The molecule has 0 bridgehead atoms. The van der Waals surface area contributed by atoms with Gasteiger partial charge < -0.3 is 9.32 Å². The van der Waals surface area contributed by atoms with Crippen LogP contribution in [0.25, 0.3) is 55.3 Å². The van der Waals surface area contributed by atoms with Crippen LogP contribution in [0.5, 0.6) is 0 Å². The number of halogens is 2.